The van der Waals surface area contributed by atoms with Crippen LogP contribution in [0.15, 0.2) is 37.1 Å². The molecular weight excluding hydrogens is 188 g/mol. The highest BCUT2D eigenvalue weighted by Crippen LogP contribution is 1.98. The molecule has 4 nitrogen and oxygen atoms in total. The number of hydrogen-bond acceptors (Lipinski definition) is 3. The molecule has 0 saturated heterocycles. The smallest absolute Gasteiger partial charge is 0.0945 e. The van der Waals surface area contributed by atoms with E-state index in [-0.39, 0.29) is 0 Å². The first-order valence-electron chi connectivity index (χ1n) is 4.91. The molecule has 0 spiro atoms. The third-order valence-electron chi connectivity index (χ3n) is 2.27. The summed E-state index contributed by atoms with van der Waals surface area (Å²) in [5.41, 5.74) is 2.37. The van der Waals surface area contributed by atoms with Gasteiger partial charge in [0.05, 0.1) is 12.0 Å². The van der Waals surface area contributed by atoms with Crippen molar-refractivity contribution in [2.75, 3.05) is 0 Å². The predicted octanol–water partition coefficient (Wildman–Crippen LogP) is 1.10. The molecule has 0 aliphatic rings. The van der Waals surface area contributed by atoms with E-state index in [0.29, 0.717) is 0 Å². The highest BCUT2D eigenvalue weighted by molar-refractivity contribution is 5.08. The van der Waals surface area contributed by atoms with Gasteiger partial charge in [-0.15, -0.1) is 0 Å². The van der Waals surface area contributed by atoms with E-state index in [9.17, 15) is 0 Å². The second-order valence-electron chi connectivity index (χ2n) is 3.46. The van der Waals surface area contributed by atoms with E-state index < -0.39 is 0 Å². The van der Waals surface area contributed by atoms with Crippen molar-refractivity contribution >= 4 is 0 Å². The van der Waals surface area contributed by atoms with E-state index in [4.69, 9.17) is 0 Å². The van der Waals surface area contributed by atoms with Gasteiger partial charge in [-0.25, -0.2) is 4.98 Å². The second-order valence-corrected chi connectivity index (χ2v) is 3.46. The van der Waals surface area contributed by atoms with Gasteiger partial charge in [-0.1, -0.05) is 6.07 Å². The van der Waals surface area contributed by atoms with Crippen LogP contribution in [0.5, 0.6) is 0 Å². The number of pyridine rings is 1. The van der Waals surface area contributed by atoms with E-state index in [2.05, 4.69) is 21.4 Å². The molecule has 1 N–H and O–H groups in total. The van der Waals surface area contributed by atoms with Crippen LogP contribution < -0.4 is 5.32 Å². The maximum Gasteiger partial charge on any atom is 0.0945 e. The normalized spacial score (nSPS) is 10.5. The maximum atomic E-state index is 4.06. The number of nitrogens with zero attached hydrogens (tertiary/aromatic N) is 3. The predicted molar refractivity (Wildman–Crippen MR) is 58.0 cm³/mol. The molecule has 2 heterocycles. The summed E-state index contributed by atoms with van der Waals surface area (Å²) in [5.74, 6) is 0. The van der Waals surface area contributed by atoms with E-state index >= 15 is 0 Å². The molecule has 2 aromatic rings. The van der Waals surface area contributed by atoms with Crippen LogP contribution in [0.25, 0.3) is 0 Å². The first-order valence-corrected chi connectivity index (χ1v) is 4.91. The third kappa shape index (κ3) is 2.63. The second kappa shape index (κ2) is 4.70. The zero-order valence-electron chi connectivity index (χ0n) is 8.72. The van der Waals surface area contributed by atoms with Crippen molar-refractivity contribution in [2.45, 2.75) is 13.1 Å². The quantitative estimate of drug-likeness (QED) is 0.807. The Morgan fingerprint density at radius 2 is 2.20 bits per heavy atom. The molecule has 0 fully saturated rings. The van der Waals surface area contributed by atoms with Crippen LogP contribution in [0, 0.1) is 0 Å². The highest BCUT2D eigenvalue weighted by atomic mass is 15.0. The third-order valence-corrected chi connectivity index (χ3v) is 2.27. The Kier molecular flexibility index (Phi) is 3.09. The summed E-state index contributed by atoms with van der Waals surface area (Å²) < 4.78 is 2.01. The van der Waals surface area contributed by atoms with E-state index in [1.165, 1.54) is 11.3 Å². The van der Waals surface area contributed by atoms with Crippen LogP contribution in [0.2, 0.25) is 0 Å². The van der Waals surface area contributed by atoms with Crippen molar-refractivity contribution < 1.29 is 0 Å². The van der Waals surface area contributed by atoms with Crippen LogP contribution >= 0.6 is 0 Å². The Labute approximate surface area is 89.0 Å². The number of imidazole rings is 1. The molecule has 0 saturated carbocycles. The average Bonchev–Trinajstić information content (AvgIpc) is 2.66. The Hall–Kier alpha value is -1.68. The molecule has 0 aromatic carbocycles. The van der Waals surface area contributed by atoms with Crippen LogP contribution in [-0.4, -0.2) is 14.5 Å². The summed E-state index contributed by atoms with van der Waals surface area (Å²) in [6.07, 6.45) is 7.33. The highest BCUT2D eigenvalue weighted by Gasteiger charge is 1.97. The lowest BCUT2D eigenvalue weighted by Gasteiger charge is -2.04. The lowest BCUT2D eigenvalue weighted by atomic mass is 10.3. The van der Waals surface area contributed by atoms with Crippen molar-refractivity contribution in [1.82, 2.24) is 19.9 Å². The number of aromatic nitrogens is 3. The molecule has 2 rings (SSSR count). The van der Waals surface area contributed by atoms with Gasteiger partial charge in [0, 0.05) is 38.7 Å². The minimum atomic E-state index is 0.825. The van der Waals surface area contributed by atoms with Crippen molar-refractivity contribution in [3.8, 4) is 0 Å². The van der Waals surface area contributed by atoms with Gasteiger partial charge in [0.15, 0.2) is 0 Å². The fraction of sp³-hybridized carbons (Fsp3) is 0.273. The van der Waals surface area contributed by atoms with Crippen molar-refractivity contribution in [2.24, 2.45) is 7.05 Å². The Morgan fingerprint density at radius 1 is 1.27 bits per heavy atom. The van der Waals surface area contributed by atoms with Crippen molar-refractivity contribution in [1.29, 1.82) is 0 Å². The maximum absolute atomic E-state index is 4.06. The molecule has 0 amide bonds. The van der Waals surface area contributed by atoms with Gasteiger partial charge in [0.2, 0.25) is 0 Å². The molecule has 0 atom stereocenters. The molecule has 2 aromatic heterocycles. The summed E-state index contributed by atoms with van der Waals surface area (Å²) in [7, 11) is 1.99. The van der Waals surface area contributed by atoms with Gasteiger partial charge in [-0.05, 0) is 11.6 Å². The van der Waals surface area contributed by atoms with E-state index in [1.807, 2.05) is 30.1 Å². The Bertz CT molecular complexity index is 408. The number of rotatable bonds is 4. The standard InChI is InChI=1S/C11H14N4/c1-15-9-14-8-11(15)7-13-6-10-3-2-4-12-5-10/h2-5,8-9,13H,6-7H2,1H3. The van der Waals surface area contributed by atoms with Gasteiger partial charge >= 0.3 is 0 Å². The molecule has 0 unspecified atom stereocenters. The number of hydrogen-bond donors (Lipinski definition) is 1. The van der Waals surface area contributed by atoms with Gasteiger partial charge in [0.1, 0.15) is 0 Å². The molecule has 0 radical (unpaired) electrons. The van der Waals surface area contributed by atoms with Crippen LogP contribution in [0.4, 0.5) is 0 Å². The SMILES string of the molecule is Cn1cncc1CNCc1cccnc1. The fourth-order valence-electron chi connectivity index (χ4n) is 1.39. The van der Waals surface area contributed by atoms with Crippen LogP contribution in [-0.2, 0) is 20.1 Å². The molecule has 4 heteroatoms. The Balaban J connectivity index is 1.83. The van der Waals surface area contributed by atoms with Gasteiger partial charge in [-0.2, -0.15) is 0 Å². The number of aryl methyl sites for hydroxylation is 1. The zero-order valence-corrected chi connectivity index (χ0v) is 8.72. The number of nitrogens with one attached hydrogen (secondary N) is 1. The molecule has 0 bridgehead atoms. The van der Waals surface area contributed by atoms with Gasteiger partial charge < -0.3 is 9.88 Å². The summed E-state index contributed by atoms with van der Waals surface area (Å²) in [5, 5.41) is 3.34. The molecule has 78 valence electrons. The summed E-state index contributed by atoms with van der Waals surface area (Å²) in [6, 6.07) is 4.00. The summed E-state index contributed by atoms with van der Waals surface area (Å²) >= 11 is 0. The van der Waals surface area contributed by atoms with Crippen molar-refractivity contribution in [3.05, 3.63) is 48.3 Å². The largest absolute Gasteiger partial charge is 0.337 e. The minimum absolute atomic E-state index is 0.825. The first-order chi connectivity index (χ1) is 7.36. The van der Waals surface area contributed by atoms with E-state index in [0.717, 1.165) is 13.1 Å². The monoisotopic (exact) mass is 202 g/mol. The van der Waals surface area contributed by atoms with E-state index in [1.54, 1.807) is 12.5 Å². The summed E-state index contributed by atoms with van der Waals surface area (Å²) in [4.78, 5) is 8.12. The average molecular weight is 202 g/mol. The zero-order chi connectivity index (χ0) is 10.5. The van der Waals surface area contributed by atoms with Crippen molar-refractivity contribution in [3.63, 3.8) is 0 Å². The molecule has 15 heavy (non-hydrogen) atoms. The lowest BCUT2D eigenvalue weighted by Crippen LogP contribution is -2.14. The lowest BCUT2D eigenvalue weighted by molar-refractivity contribution is 0.654. The molecule has 0 aliphatic carbocycles. The molecule has 0 aliphatic heterocycles. The first kappa shape index (κ1) is 9.86. The minimum Gasteiger partial charge on any atom is -0.337 e. The fourth-order valence-corrected chi connectivity index (χ4v) is 1.39. The topological polar surface area (TPSA) is 42.7 Å². The van der Waals surface area contributed by atoms with Gasteiger partial charge in [-0.3, -0.25) is 4.98 Å². The van der Waals surface area contributed by atoms with Crippen LogP contribution in [0.1, 0.15) is 11.3 Å². The van der Waals surface area contributed by atoms with Gasteiger partial charge in [0.25, 0.3) is 0 Å². The van der Waals surface area contributed by atoms with Crippen LogP contribution in [0.3, 0.4) is 0 Å². The summed E-state index contributed by atoms with van der Waals surface area (Å²) in [6.45, 7) is 1.66. The Morgan fingerprint density at radius 3 is 2.87 bits per heavy atom. The molecular formula is C11H14N4.